The summed E-state index contributed by atoms with van der Waals surface area (Å²) in [5.74, 6) is 0.902. The smallest absolute Gasteiger partial charge is 0.155 e. The highest BCUT2D eigenvalue weighted by Gasteiger charge is 2.24. The lowest BCUT2D eigenvalue weighted by Gasteiger charge is -2.31. The van der Waals surface area contributed by atoms with Gasteiger partial charge in [-0.25, -0.2) is 0 Å². The number of hydrogen-bond donors (Lipinski definition) is 0. The van der Waals surface area contributed by atoms with Gasteiger partial charge >= 0.3 is 0 Å². The molecule has 3 rings (SSSR count). The first-order valence-electron chi connectivity index (χ1n) is 6.56. The standard InChI is InChI=1S/C15H17N3O/c1-11-13(10-19)15(17(2)16-11)18-9-5-7-12-6-3-4-8-14(12)18/h3-4,6,8,10H,5,7,9H2,1-2H3. The monoisotopic (exact) mass is 255 g/mol. The van der Waals surface area contributed by atoms with Gasteiger partial charge in [-0.15, -0.1) is 0 Å². The zero-order valence-corrected chi connectivity index (χ0v) is 11.3. The van der Waals surface area contributed by atoms with E-state index in [2.05, 4.69) is 28.2 Å². The average molecular weight is 255 g/mol. The van der Waals surface area contributed by atoms with Crippen molar-refractivity contribution < 1.29 is 4.79 Å². The van der Waals surface area contributed by atoms with Gasteiger partial charge in [-0.3, -0.25) is 9.48 Å². The van der Waals surface area contributed by atoms with Crippen molar-refractivity contribution in [3.63, 3.8) is 0 Å². The number of carbonyl (C=O) groups excluding carboxylic acids is 1. The van der Waals surface area contributed by atoms with Crippen molar-refractivity contribution in [1.82, 2.24) is 9.78 Å². The van der Waals surface area contributed by atoms with Crippen molar-refractivity contribution in [1.29, 1.82) is 0 Å². The molecule has 2 heterocycles. The van der Waals surface area contributed by atoms with Crippen LogP contribution in [-0.2, 0) is 13.5 Å². The number of aromatic nitrogens is 2. The number of nitrogens with zero attached hydrogens (tertiary/aromatic N) is 3. The van der Waals surface area contributed by atoms with Crippen LogP contribution in [0.25, 0.3) is 0 Å². The predicted octanol–water partition coefficient (Wildman–Crippen LogP) is 2.63. The molecule has 98 valence electrons. The summed E-state index contributed by atoms with van der Waals surface area (Å²) in [5.41, 5.74) is 4.01. The Morgan fingerprint density at radius 2 is 2.11 bits per heavy atom. The molecule has 0 aliphatic carbocycles. The zero-order valence-electron chi connectivity index (χ0n) is 11.3. The summed E-state index contributed by atoms with van der Waals surface area (Å²) < 4.78 is 1.81. The summed E-state index contributed by atoms with van der Waals surface area (Å²) in [6.45, 7) is 2.81. The molecule has 1 aromatic carbocycles. The van der Waals surface area contributed by atoms with E-state index in [4.69, 9.17) is 0 Å². The molecule has 0 bridgehead atoms. The quantitative estimate of drug-likeness (QED) is 0.774. The van der Waals surface area contributed by atoms with E-state index in [1.807, 2.05) is 20.0 Å². The van der Waals surface area contributed by atoms with Gasteiger partial charge in [0.1, 0.15) is 5.82 Å². The minimum atomic E-state index is 0.694. The van der Waals surface area contributed by atoms with Crippen molar-refractivity contribution in [3.8, 4) is 0 Å². The van der Waals surface area contributed by atoms with Crippen LogP contribution in [0.1, 0.15) is 28.0 Å². The number of benzene rings is 1. The van der Waals surface area contributed by atoms with Crippen LogP contribution < -0.4 is 4.90 Å². The molecular formula is C15H17N3O. The Bertz CT molecular complexity index is 630. The topological polar surface area (TPSA) is 38.1 Å². The molecule has 4 nitrogen and oxygen atoms in total. The van der Waals surface area contributed by atoms with Gasteiger partial charge in [-0.05, 0) is 31.4 Å². The normalized spacial score (nSPS) is 14.3. The lowest BCUT2D eigenvalue weighted by atomic mass is 10.0. The molecule has 0 unspecified atom stereocenters. The van der Waals surface area contributed by atoms with Crippen molar-refractivity contribution >= 4 is 17.8 Å². The zero-order chi connectivity index (χ0) is 13.4. The molecule has 0 saturated carbocycles. The van der Waals surface area contributed by atoms with Gasteiger partial charge < -0.3 is 4.90 Å². The summed E-state index contributed by atoms with van der Waals surface area (Å²) in [7, 11) is 1.90. The van der Waals surface area contributed by atoms with Crippen LogP contribution in [-0.4, -0.2) is 22.6 Å². The molecule has 0 saturated heterocycles. The molecule has 2 aromatic rings. The third-order valence-electron chi connectivity index (χ3n) is 3.72. The number of aryl methyl sites for hydroxylation is 3. The molecule has 19 heavy (non-hydrogen) atoms. The molecule has 0 N–H and O–H groups in total. The Hall–Kier alpha value is -2.10. The van der Waals surface area contributed by atoms with Crippen molar-refractivity contribution in [2.75, 3.05) is 11.4 Å². The van der Waals surface area contributed by atoms with E-state index in [0.29, 0.717) is 5.56 Å². The second kappa shape index (κ2) is 4.53. The number of para-hydroxylation sites is 1. The Labute approximate surface area is 112 Å². The highest BCUT2D eigenvalue weighted by atomic mass is 16.1. The number of rotatable bonds is 2. The Morgan fingerprint density at radius 3 is 2.89 bits per heavy atom. The van der Waals surface area contributed by atoms with E-state index in [0.717, 1.165) is 37.2 Å². The maximum Gasteiger partial charge on any atom is 0.155 e. The summed E-state index contributed by atoms with van der Waals surface area (Å²) in [6.07, 6.45) is 3.11. The van der Waals surface area contributed by atoms with Crippen molar-refractivity contribution in [3.05, 3.63) is 41.1 Å². The largest absolute Gasteiger partial charge is 0.326 e. The molecule has 0 amide bonds. The van der Waals surface area contributed by atoms with Crippen LogP contribution in [0.15, 0.2) is 24.3 Å². The van der Waals surface area contributed by atoms with Crippen LogP contribution in [0, 0.1) is 6.92 Å². The van der Waals surface area contributed by atoms with Crippen LogP contribution >= 0.6 is 0 Å². The van der Waals surface area contributed by atoms with Gasteiger partial charge in [-0.1, -0.05) is 18.2 Å². The number of aldehydes is 1. The van der Waals surface area contributed by atoms with E-state index in [-0.39, 0.29) is 0 Å². The van der Waals surface area contributed by atoms with E-state index < -0.39 is 0 Å². The van der Waals surface area contributed by atoms with Crippen LogP contribution in [0.5, 0.6) is 0 Å². The highest BCUT2D eigenvalue weighted by Crippen LogP contribution is 2.35. The van der Waals surface area contributed by atoms with Crippen LogP contribution in [0.3, 0.4) is 0 Å². The lowest BCUT2D eigenvalue weighted by Crippen LogP contribution is -2.27. The summed E-state index contributed by atoms with van der Waals surface area (Å²) >= 11 is 0. The summed E-state index contributed by atoms with van der Waals surface area (Å²) in [6, 6.07) is 8.38. The van der Waals surface area contributed by atoms with Gasteiger partial charge in [-0.2, -0.15) is 5.10 Å². The van der Waals surface area contributed by atoms with E-state index in [1.165, 1.54) is 11.3 Å². The molecule has 0 fully saturated rings. The molecule has 0 atom stereocenters. The first kappa shape index (κ1) is 12.0. The molecule has 0 radical (unpaired) electrons. The van der Waals surface area contributed by atoms with Gasteiger partial charge in [0, 0.05) is 19.3 Å². The molecule has 1 aliphatic heterocycles. The minimum Gasteiger partial charge on any atom is -0.326 e. The van der Waals surface area contributed by atoms with E-state index >= 15 is 0 Å². The fraction of sp³-hybridized carbons (Fsp3) is 0.333. The van der Waals surface area contributed by atoms with Crippen LogP contribution in [0.2, 0.25) is 0 Å². The first-order valence-corrected chi connectivity index (χ1v) is 6.56. The third kappa shape index (κ3) is 1.84. The van der Waals surface area contributed by atoms with Gasteiger partial charge in [0.15, 0.2) is 6.29 Å². The Morgan fingerprint density at radius 1 is 1.32 bits per heavy atom. The molecule has 1 aliphatic rings. The highest BCUT2D eigenvalue weighted by molar-refractivity contribution is 5.87. The maximum absolute atomic E-state index is 11.3. The summed E-state index contributed by atoms with van der Waals surface area (Å²) in [5, 5.41) is 4.37. The fourth-order valence-corrected chi connectivity index (χ4v) is 2.87. The number of fused-ring (bicyclic) bond motifs is 1. The second-order valence-electron chi connectivity index (χ2n) is 4.95. The average Bonchev–Trinajstić information content (AvgIpc) is 2.72. The Balaban J connectivity index is 2.17. The number of hydrogen-bond acceptors (Lipinski definition) is 3. The van der Waals surface area contributed by atoms with Crippen molar-refractivity contribution in [2.45, 2.75) is 19.8 Å². The lowest BCUT2D eigenvalue weighted by molar-refractivity contribution is 0.112. The minimum absolute atomic E-state index is 0.694. The molecule has 1 aromatic heterocycles. The number of carbonyl (C=O) groups is 1. The third-order valence-corrected chi connectivity index (χ3v) is 3.72. The van der Waals surface area contributed by atoms with E-state index in [9.17, 15) is 4.79 Å². The van der Waals surface area contributed by atoms with Gasteiger partial charge in [0.05, 0.1) is 11.3 Å². The first-order chi connectivity index (χ1) is 9.22. The molecule has 0 spiro atoms. The van der Waals surface area contributed by atoms with E-state index in [1.54, 1.807) is 4.68 Å². The fourth-order valence-electron chi connectivity index (χ4n) is 2.87. The maximum atomic E-state index is 11.3. The van der Waals surface area contributed by atoms with Gasteiger partial charge in [0.25, 0.3) is 0 Å². The second-order valence-corrected chi connectivity index (χ2v) is 4.95. The summed E-state index contributed by atoms with van der Waals surface area (Å²) in [4.78, 5) is 13.5. The van der Waals surface area contributed by atoms with Crippen molar-refractivity contribution in [2.24, 2.45) is 7.05 Å². The molecular weight excluding hydrogens is 238 g/mol. The molecule has 4 heteroatoms. The predicted molar refractivity (Wildman–Crippen MR) is 75.1 cm³/mol. The SMILES string of the molecule is Cc1nn(C)c(N2CCCc3ccccc32)c1C=O. The Kier molecular flexibility index (Phi) is 2.85. The number of anilines is 2. The van der Waals surface area contributed by atoms with Crippen LogP contribution in [0.4, 0.5) is 11.5 Å². The van der Waals surface area contributed by atoms with Gasteiger partial charge in [0.2, 0.25) is 0 Å².